The van der Waals surface area contributed by atoms with Crippen molar-refractivity contribution < 1.29 is 8.42 Å². The first-order chi connectivity index (χ1) is 6.51. The van der Waals surface area contributed by atoms with Gasteiger partial charge in [-0.2, -0.15) is 0 Å². The molecule has 0 aliphatic carbocycles. The van der Waals surface area contributed by atoms with Crippen molar-refractivity contribution in [3.63, 3.8) is 0 Å². The molecule has 0 heterocycles. The van der Waals surface area contributed by atoms with E-state index in [1.165, 1.54) is 25.2 Å². The summed E-state index contributed by atoms with van der Waals surface area (Å²) in [4.78, 5) is 0.167. The number of hydrogen-bond donors (Lipinski definition) is 1. The van der Waals surface area contributed by atoms with Crippen LogP contribution in [0, 0.1) is 0 Å². The van der Waals surface area contributed by atoms with Gasteiger partial charge < -0.3 is 0 Å². The highest BCUT2D eigenvalue weighted by atomic mass is 35.5. The summed E-state index contributed by atoms with van der Waals surface area (Å²) in [5, 5.41) is 0.468. The second kappa shape index (κ2) is 4.49. The van der Waals surface area contributed by atoms with Gasteiger partial charge in [-0.05, 0) is 30.8 Å². The number of halogens is 2. The van der Waals surface area contributed by atoms with E-state index in [1.54, 1.807) is 0 Å². The van der Waals surface area contributed by atoms with Crippen molar-refractivity contribution in [1.82, 2.24) is 4.72 Å². The van der Waals surface area contributed by atoms with Crippen LogP contribution in [0.15, 0.2) is 23.1 Å². The molecular weight excluding hydrogens is 245 g/mol. The van der Waals surface area contributed by atoms with Crippen LogP contribution in [0.1, 0.15) is 5.56 Å². The molecule has 1 N–H and O–H groups in total. The molecule has 0 saturated heterocycles. The standard InChI is InChI=1S/C8H9Cl2NO2S/c1-11-14(12,13)7-2-3-8(10)6(4-7)5-9/h2-4,11H,5H2,1H3. The van der Waals surface area contributed by atoms with E-state index < -0.39 is 10.0 Å². The maximum Gasteiger partial charge on any atom is 0.240 e. The minimum absolute atomic E-state index is 0.167. The molecule has 3 nitrogen and oxygen atoms in total. The number of benzene rings is 1. The fourth-order valence-electron chi connectivity index (χ4n) is 0.939. The van der Waals surface area contributed by atoms with Gasteiger partial charge in [0.2, 0.25) is 10.0 Å². The van der Waals surface area contributed by atoms with Gasteiger partial charge in [0.15, 0.2) is 0 Å². The van der Waals surface area contributed by atoms with E-state index in [-0.39, 0.29) is 10.8 Å². The maximum absolute atomic E-state index is 11.4. The Morgan fingerprint density at radius 3 is 2.57 bits per heavy atom. The maximum atomic E-state index is 11.4. The van der Waals surface area contributed by atoms with Crippen LogP contribution in [0.4, 0.5) is 0 Å². The molecule has 1 aromatic rings. The summed E-state index contributed by atoms with van der Waals surface area (Å²) in [7, 11) is -2.06. The fraction of sp³-hybridized carbons (Fsp3) is 0.250. The SMILES string of the molecule is CNS(=O)(=O)c1ccc(Cl)c(CCl)c1. The van der Waals surface area contributed by atoms with Crippen LogP contribution in [-0.2, 0) is 15.9 Å². The molecule has 1 rings (SSSR count). The zero-order valence-corrected chi connectivity index (χ0v) is 9.75. The second-order valence-electron chi connectivity index (χ2n) is 2.59. The van der Waals surface area contributed by atoms with Crippen LogP contribution in [-0.4, -0.2) is 15.5 Å². The third-order valence-electron chi connectivity index (χ3n) is 1.74. The summed E-state index contributed by atoms with van der Waals surface area (Å²) < 4.78 is 25.0. The van der Waals surface area contributed by atoms with Crippen molar-refractivity contribution in [1.29, 1.82) is 0 Å². The van der Waals surface area contributed by atoms with E-state index in [0.717, 1.165) is 0 Å². The van der Waals surface area contributed by atoms with E-state index >= 15 is 0 Å². The van der Waals surface area contributed by atoms with Gasteiger partial charge in [-0.25, -0.2) is 13.1 Å². The lowest BCUT2D eigenvalue weighted by molar-refractivity contribution is 0.588. The van der Waals surface area contributed by atoms with Crippen LogP contribution in [0.5, 0.6) is 0 Å². The number of rotatable bonds is 3. The van der Waals surface area contributed by atoms with Gasteiger partial charge in [-0.3, -0.25) is 0 Å². The molecule has 0 saturated carbocycles. The summed E-state index contributed by atoms with van der Waals surface area (Å²) in [6, 6.07) is 4.41. The van der Waals surface area contributed by atoms with Crippen LogP contribution >= 0.6 is 23.2 Å². The summed E-state index contributed by atoms with van der Waals surface area (Å²) in [6.45, 7) is 0. The van der Waals surface area contributed by atoms with Crippen LogP contribution in [0.25, 0.3) is 0 Å². The Bertz CT molecular complexity index is 431. The van der Waals surface area contributed by atoms with Crippen molar-refractivity contribution in [3.8, 4) is 0 Å². The zero-order valence-electron chi connectivity index (χ0n) is 7.42. The number of nitrogens with one attached hydrogen (secondary N) is 1. The first kappa shape index (κ1) is 11.8. The quantitative estimate of drug-likeness (QED) is 0.838. The largest absolute Gasteiger partial charge is 0.240 e. The lowest BCUT2D eigenvalue weighted by atomic mass is 10.2. The van der Waals surface area contributed by atoms with E-state index in [0.29, 0.717) is 10.6 Å². The minimum Gasteiger partial charge on any atom is -0.214 e. The van der Waals surface area contributed by atoms with Crippen LogP contribution in [0.3, 0.4) is 0 Å². The van der Waals surface area contributed by atoms with Crippen LogP contribution < -0.4 is 4.72 Å². The molecule has 0 aliphatic rings. The highest BCUT2D eigenvalue weighted by Crippen LogP contribution is 2.21. The molecule has 0 fully saturated rings. The summed E-state index contributed by atoms with van der Waals surface area (Å²) >= 11 is 11.4. The summed E-state index contributed by atoms with van der Waals surface area (Å²) in [5.74, 6) is 0.186. The average Bonchev–Trinajstić information content (AvgIpc) is 2.18. The van der Waals surface area contributed by atoms with Gasteiger partial charge in [0, 0.05) is 10.9 Å². The topological polar surface area (TPSA) is 46.2 Å². The Kier molecular flexibility index (Phi) is 3.78. The molecule has 1 aromatic carbocycles. The van der Waals surface area contributed by atoms with Crippen molar-refractivity contribution in [2.24, 2.45) is 0 Å². The molecule has 0 spiro atoms. The molecule has 0 bridgehead atoms. The molecule has 0 aliphatic heterocycles. The Balaban J connectivity index is 3.26. The number of hydrogen-bond acceptors (Lipinski definition) is 2. The Hall–Kier alpha value is -0.290. The van der Waals surface area contributed by atoms with Crippen molar-refractivity contribution in [2.45, 2.75) is 10.8 Å². The molecule has 0 radical (unpaired) electrons. The first-order valence-electron chi connectivity index (χ1n) is 3.79. The summed E-state index contributed by atoms with van der Waals surface area (Å²) in [5.41, 5.74) is 0.602. The van der Waals surface area contributed by atoms with Crippen molar-refractivity contribution in [3.05, 3.63) is 28.8 Å². The monoisotopic (exact) mass is 253 g/mol. The van der Waals surface area contributed by atoms with Crippen LogP contribution in [0.2, 0.25) is 5.02 Å². The third-order valence-corrected chi connectivity index (χ3v) is 3.81. The Labute approximate surface area is 93.1 Å². The molecule has 0 unspecified atom stereocenters. The molecule has 14 heavy (non-hydrogen) atoms. The Morgan fingerprint density at radius 1 is 1.43 bits per heavy atom. The molecular formula is C8H9Cl2NO2S. The van der Waals surface area contributed by atoms with Crippen molar-refractivity contribution in [2.75, 3.05) is 7.05 Å². The van der Waals surface area contributed by atoms with E-state index in [4.69, 9.17) is 23.2 Å². The lowest BCUT2D eigenvalue weighted by Crippen LogP contribution is -2.18. The van der Waals surface area contributed by atoms with E-state index in [9.17, 15) is 8.42 Å². The minimum atomic E-state index is -3.41. The zero-order chi connectivity index (χ0) is 10.8. The number of alkyl halides is 1. The Morgan fingerprint density at radius 2 is 2.07 bits per heavy atom. The van der Waals surface area contributed by atoms with Crippen molar-refractivity contribution >= 4 is 33.2 Å². The highest BCUT2D eigenvalue weighted by molar-refractivity contribution is 7.89. The lowest BCUT2D eigenvalue weighted by Gasteiger charge is -2.05. The van der Waals surface area contributed by atoms with Gasteiger partial charge in [-0.15, -0.1) is 11.6 Å². The predicted molar refractivity (Wildman–Crippen MR) is 57.3 cm³/mol. The van der Waals surface area contributed by atoms with E-state index in [2.05, 4.69) is 4.72 Å². The molecule has 6 heteroatoms. The summed E-state index contributed by atoms with van der Waals surface area (Å²) in [6.07, 6.45) is 0. The van der Waals surface area contributed by atoms with Gasteiger partial charge in [0.25, 0.3) is 0 Å². The molecule has 0 atom stereocenters. The molecule has 0 aromatic heterocycles. The highest BCUT2D eigenvalue weighted by Gasteiger charge is 2.12. The normalized spacial score (nSPS) is 11.6. The van der Waals surface area contributed by atoms with Gasteiger partial charge in [-0.1, -0.05) is 11.6 Å². The average molecular weight is 254 g/mol. The predicted octanol–water partition coefficient (Wildman–Crippen LogP) is 1.99. The van der Waals surface area contributed by atoms with Gasteiger partial charge in [0.1, 0.15) is 0 Å². The second-order valence-corrected chi connectivity index (χ2v) is 5.16. The number of sulfonamides is 1. The smallest absolute Gasteiger partial charge is 0.214 e. The molecule has 0 amide bonds. The molecule has 78 valence electrons. The third kappa shape index (κ3) is 2.39. The van der Waals surface area contributed by atoms with Gasteiger partial charge >= 0.3 is 0 Å². The first-order valence-corrected chi connectivity index (χ1v) is 6.19. The fourth-order valence-corrected chi connectivity index (χ4v) is 2.19. The van der Waals surface area contributed by atoms with Gasteiger partial charge in [0.05, 0.1) is 4.90 Å². The van der Waals surface area contributed by atoms with E-state index in [1.807, 2.05) is 0 Å².